The van der Waals surface area contributed by atoms with E-state index in [-0.39, 0.29) is 19.4 Å². The average Bonchev–Trinajstić information content (AvgIpc) is 3.20. The van der Waals surface area contributed by atoms with E-state index in [0.717, 1.165) is 32.2 Å². The lowest BCUT2D eigenvalue weighted by Crippen LogP contribution is -2.52. The summed E-state index contributed by atoms with van der Waals surface area (Å²) in [6.07, 6.45) is 0.131. The second-order valence-electron chi connectivity index (χ2n) is 11.1. The summed E-state index contributed by atoms with van der Waals surface area (Å²) in [6, 6.07) is -1.06. The first kappa shape index (κ1) is 28.0. The first-order chi connectivity index (χ1) is 16.5. The van der Waals surface area contributed by atoms with Gasteiger partial charge >= 0.3 is 12.3 Å². The third kappa shape index (κ3) is 8.23. The van der Waals surface area contributed by atoms with Crippen LogP contribution in [0.5, 0.6) is 0 Å². The molecule has 1 saturated heterocycles. The number of amides is 2. The molecule has 0 aromatic rings. The van der Waals surface area contributed by atoms with Crippen molar-refractivity contribution in [3.05, 3.63) is 0 Å². The predicted molar refractivity (Wildman–Crippen MR) is 126 cm³/mol. The Morgan fingerprint density at radius 1 is 1.11 bits per heavy atom. The van der Waals surface area contributed by atoms with Crippen LogP contribution in [-0.2, 0) is 9.53 Å². The van der Waals surface area contributed by atoms with E-state index in [4.69, 9.17) is 4.74 Å². The number of alkyl halides is 3. The lowest BCUT2D eigenvalue weighted by molar-refractivity contribution is -0.185. The molecule has 10 heteroatoms. The summed E-state index contributed by atoms with van der Waals surface area (Å²) in [7, 11) is 0. The summed E-state index contributed by atoms with van der Waals surface area (Å²) in [5.74, 6) is -1.09. The van der Waals surface area contributed by atoms with Gasteiger partial charge in [0.1, 0.15) is 0 Å². The van der Waals surface area contributed by atoms with Crippen LogP contribution in [0.15, 0.2) is 0 Å². The maximum Gasteiger partial charge on any atom is 0.411 e. The highest BCUT2D eigenvalue weighted by Gasteiger charge is 2.47. The van der Waals surface area contributed by atoms with Crippen molar-refractivity contribution >= 4 is 12.0 Å². The van der Waals surface area contributed by atoms with E-state index in [1.807, 2.05) is 0 Å². The van der Waals surface area contributed by atoms with E-state index in [1.165, 1.54) is 11.3 Å². The van der Waals surface area contributed by atoms with Crippen LogP contribution in [0.3, 0.4) is 0 Å². The highest BCUT2D eigenvalue weighted by molar-refractivity contribution is 5.86. The molecule has 0 radical (unpaired) electrons. The molecule has 0 aromatic heterocycles. The van der Waals surface area contributed by atoms with Gasteiger partial charge in [0.2, 0.25) is 0 Å². The van der Waals surface area contributed by atoms with E-state index < -0.39 is 48.4 Å². The molecule has 1 heterocycles. The van der Waals surface area contributed by atoms with Crippen LogP contribution < -0.4 is 10.6 Å². The second-order valence-corrected chi connectivity index (χ2v) is 11.1. The molecule has 0 aromatic carbocycles. The van der Waals surface area contributed by atoms with Crippen molar-refractivity contribution in [1.82, 2.24) is 15.5 Å². The summed E-state index contributed by atoms with van der Waals surface area (Å²) >= 11 is 0. The van der Waals surface area contributed by atoms with Crippen molar-refractivity contribution in [2.24, 2.45) is 17.8 Å². The van der Waals surface area contributed by atoms with E-state index in [2.05, 4.69) is 24.5 Å². The number of carbonyl (C=O) groups is 2. The Bertz CT molecular complexity index is 700. The van der Waals surface area contributed by atoms with Gasteiger partial charge in [-0.25, -0.2) is 4.79 Å². The van der Waals surface area contributed by atoms with Crippen molar-refractivity contribution in [3.8, 4) is 0 Å². The van der Waals surface area contributed by atoms with Crippen molar-refractivity contribution in [1.29, 1.82) is 0 Å². The van der Waals surface area contributed by atoms with Crippen LogP contribution in [0.1, 0.15) is 78.1 Å². The molecule has 5 atom stereocenters. The van der Waals surface area contributed by atoms with Crippen LogP contribution in [0.25, 0.3) is 0 Å². The first-order valence-corrected chi connectivity index (χ1v) is 13.3. The quantitative estimate of drug-likeness (QED) is 0.418. The number of carbonyl (C=O) groups excluding carboxylic acids is 2. The Hall–Kier alpha value is -1.55. The fourth-order valence-corrected chi connectivity index (χ4v) is 5.69. The Labute approximate surface area is 206 Å². The molecule has 0 bridgehead atoms. The SMILES string of the molecule is CC(C)CNC[C@@H](O)[C@H](CC1CCCCC1)NC(=O)[C@@H]1CN(C2CCCC(C(F)(F)F)C2)C(=O)O1. The van der Waals surface area contributed by atoms with Crippen molar-refractivity contribution in [3.63, 3.8) is 0 Å². The summed E-state index contributed by atoms with van der Waals surface area (Å²) < 4.78 is 44.9. The maximum atomic E-state index is 13.2. The van der Waals surface area contributed by atoms with Gasteiger partial charge in [-0.3, -0.25) is 4.79 Å². The fourth-order valence-electron chi connectivity index (χ4n) is 5.69. The molecular weight excluding hydrogens is 463 g/mol. The highest BCUT2D eigenvalue weighted by Crippen LogP contribution is 2.40. The number of aliphatic hydroxyl groups excluding tert-OH is 1. The fraction of sp³-hybridized carbons (Fsp3) is 0.920. The molecule has 3 rings (SSSR count). The van der Waals surface area contributed by atoms with Crippen molar-refractivity contribution in [2.75, 3.05) is 19.6 Å². The maximum absolute atomic E-state index is 13.2. The number of aliphatic hydroxyl groups is 1. The number of ether oxygens (including phenoxy) is 1. The van der Waals surface area contributed by atoms with Gasteiger partial charge in [0, 0.05) is 12.6 Å². The Morgan fingerprint density at radius 3 is 2.49 bits per heavy atom. The molecule has 2 saturated carbocycles. The number of cyclic esters (lactones) is 1. The summed E-state index contributed by atoms with van der Waals surface area (Å²) in [5.41, 5.74) is 0. The largest absolute Gasteiger partial charge is 0.434 e. The summed E-state index contributed by atoms with van der Waals surface area (Å²) in [4.78, 5) is 26.8. The van der Waals surface area contributed by atoms with E-state index >= 15 is 0 Å². The third-order valence-corrected chi connectivity index (χ3v) is 7.69. The smallest absolute Gasteiger partial charge is 0.411 e. The van der Waals surface area contributed by atoms with E-state index in [9.17, 15) is 27.9 Å². The van der Waals surface area contributed by atoms with E-state index in [1.54, 1.807) is 0 Å². The molecule has 3 N–H and O–H groups in total. The minimum atomic E-state index is -4.29. The van der Waals surface area contributed by atoms with Crippen LogP contribution in [0.2, 0.25) is 0 Å². The third-order valence-electron chi connectivity index (χ3n) is 7.69. The Balaban J connectivity index is 1.59. The Morgan fingerprint density at radius 2 is 1.83 bits per heavy atom. The predicted octanol–water partition coefficient (Wildman–Crippen LogP) is 3.99. The molecule has 202 valence electrons. The van der Waals surface area contributed by atoms with Crippen LogP contribution in [-0.4, -0.2) is 72.1 Å². The number of nitrogens with one attached hydrogen (secondary N) is 2. The summed E-state index contributed by atoms with van der Waals surface area (Å²) in [6.45, 7) is 5.18. The zero-order valence-electron chi connectivity index (χ0n) is 21.0. The average molecular weight is 506 g/mol. The molecule has 35 heavy (non-hydrogen) atoms. The first-order valence-electron chi connectivity index (χ1n) is 13.3. The molecule has 3 fully saturated rings. The molecule has 3 aliphatic rings. The van der Waals surface area contributed by atoms with Gasteiger partial charge in [-0.1, -0.05) is 52.4 Å². The topological polar surface area (TPSA) is 90.9 Å². The van der Waals surface area contributed by atoms with Gasteiger partial charge in [-0.2, -0.15) is 13.2 Å². The van der Waals surface area contributed by atoms with E-state index in [0.29, 0.717) is 37.6 Å². The number of rotatable bonds is 10. The zero-order valence-corrected chi connectivity index (χ0v) is 21.0. The molecule has 1 aliphatic heterocycles. The van der Waals surface area contributed by atoms with Crippen LogP contribution in [0, 0.1) is 17.8 Å². The molecular formula is C25H42F3N3O4. The van der Waals surface area contributed by atoms with Crippen LogP contribution in [0.4, 0.5) is 18.0 Å². The highest BCUT2D eigenvalue weighted by atomic mass is 19.4. The van der Waals surface area contributed by atoms with Crippen LogP contribution >= 0.6 is 0 Å². The summed E-state index contributed by atoms with van der Waals surface area (Å²) in [5, 5.41) is 17.0. The Kier molecular flexibility index (Phi) is 10.1. The molecule has 2 amide bonds. The second kappa shape index (κ2) is 12.6. The normalized spacial score (nSPS) is 28.1. The lowest BCUT2D eigenvalue weighted by Gasteiger charge is -2.34. The minimum Gasteiger partial charge on any atom is -0.434 e. The number of halogens is 3. The minimum absolute atomic E-state index is 0.0578. The van der Waals surface area contributed by atoms with Crippen molar-refractivity contribution in [2.45, 2.75) is 109 Å². The van der Waals surface area contributed by atoms with Gasteiger partial charge < -0.3 is 25.4 Å². The monoisotopic (exact) mass is 505 g/mol. The van der Waals surface area contributed by atoms with Gasteiger partial charge in [0.05, 0.1) is 24.6 Å². The lowest BCUT2D eigenvalue weighted by atomic mass is 9.83. The number of hydrogen-bond acceptors (Lipinski definition) is 5. The van der Waals surface area contributed by atoms with Gasteiger partial charge in [-0.05, 0) is 44.1 Å². The molecule has 7 nitrogen and oxygen atoms in total. The molecule has 2 aliphatic carbocycles. The number of hydrogen-bond donors (Lipinski definition) is 3. The molecule has 2 unspecified atom stereocenters. The standard InChI is InChI=1S/C25H42F3N3O4/c1-16(2)13-29-14-21(32)20(11-17-7-4-3-5-8-17)30-23(33)22-15-31(24(34)35-22)19-10-6-9-18(12-19)25(26,27)28/h16-22,29,32H,3-15H2,1-2H3,(H,30,33)/t18?,19?,20-,21+,22-/m0/s1. The zero-order chi connectivity index (χ0) is 25.6. The van der Waals surface area contributed by atoms with Gasteiger partial charge in [0.15, 0.2) is 6.10 Å². The van der Waals surface area contributed by atoms with Crippen molar-refractivity contribution < 1.29 is 32.6 Å². The van der Waals surface area contributed by atoms with Gasteiger partial charge in [-0.15, -0.1) is 0 Å². The van der Waals surface area contributed by atoms with Gasteiger partial charge in [0.25, 0.3) is 5.91 Å². The molecule has 0 spiro atoms. The number of nitrogens with zero attached hydrogens (tertiary/aromatic N) is 1.